The van der Waals surface area contributed by atoms with Gasteiger partial charge in [0.1, 0.15) is 0 Å². The normalized spacial score (nSPS) is 13.8. The van der Waals surface area contributed by atoms with Crippen molar-refractivity contribution in [3.05, 3.63) is 57.3 Å². The van der Waals surface area contributed by atoms with Gasteiger partial charge in [-0.2, -0.15) is 0 Å². The number of aromatic nitrogens is 1. The van der Waals surface area contributed by atoms with E-state index in [1.165, 1.54) is 6.20 Å². The predicted octanol–water partition coefficient (Wildman–Crippen LogP) is 3.99. The lowest BCUT2D eigenvalue weighted by atomic mass is 10.1. The Labute approximate surface area is 153 Å². The summed E-state index contributed by atoms with van der Waals surface area (Å²) in [6.45, 7) is 1.48. The molecular weight excluding hydrogens is 394 g/mol. The molecule has 0 spiro atoms. The van der Waals surface area contributed by atoms with Crippen molar-refractivity contribution in [3.63, 3.8) is 0 Å². The lowest BCUT2D eigenvalue weighted by molar-refractivity contribution is 0.0794. The fraction of sp³-hybridized carbons (Fsp3) is 0.235. The maximum absolute atomic E-state index is 12.7. The van der Waals surface area contributed by atoms with Crippen molar-refractivity contribution in [3.8, 4) is 0 Å². The van der Waals surface area contributed by atoms with Gasteiger partial charge in [-0.25, -0.2) is 0 Å². The van der Waals surface area contributed by atoms with Crippen molar-refractivity contribution in [2.45, 2.75) is 12.8 Å². The fourth-order valence-electron chi connectivity index (χ4n) is 2.63. The molecule has 0 saturated carbocycles. The van der Waals surface area contributed by atoms with Gasteiger partial charge in [0, 0.05) is 35.0 Å². The molecule has 1 aromatic heterocycles. The molecule has 7 heteroatoms. The monoisotopic (exact) mass is 407 g/mol. The summed E-state index contributed by atoms with van der Waals surface area (Å²) < 4.78 is 0.703. The minimum Gasteiger partial charge on any atom is -0.339 e. The molecule has 1 fully saturated rings. The number of pyridine rings is 1. The van der Waals surface area contributed by atoms with Crippen molar-refractivity contribution in [1.82, 2.24) is 9.88 Å². The van der Waals surface area contributed by atoms with Crippen LogP contribution in [0.15, 0.2) is 41.1 Å². The van der Waals surface area contributed by atoms with Crippen LogP contribution in [0.1, 0.15) is 33.6 Å². The van der Waals surface area contributed by atoms with E-state index in [-0.39, 0.29) is 11.8 Å². The lowest BCUT2D eigenvalue weighted by Gasteiger charge is -2.18. The van der Waals surface area contributed by atoms with E-state index in [9.17, 15) is 9.59 Å². The fourth-order valence-corrected chi connectivity index (χ4v) is 3.16. The van der Waals surface area contributed by atoms with E-state index in [0.29, 0.717) is 26.3 Å². The topological polar surface area (TPSA) is 62.3 Å². The summed E-state index contributed by atoms with van der Waals surface area (Å²) >= 11 is 9.33. The van der Waals surface area contributed by atoms with Crippen LogP contribution < -0.4 is 5.32 Å². The van der Waals surface area contributed by atoms with Crippen LogP contribution in [0.5, 0.6) is 0 Å². The second-order valence-electron chi connectivity index (χ2n) is 5.54. The van der Waals surface area contributed by atoms with Gasteiger partial charge in [-0.3, -0.25) is 14.6 Å². The number of rotatable bonds is 3. The number of halogens is 2. The first-order valence-corrected chi connectivity index (χ1v) is 8.72. The van der Waals surface area contributed by atoms with Crippen LogP contribution in [0.4, 0.5) is 5.69 Å². The smallest absolute Gasteiger partial charge is 0.257 e. The molecular formula is C17H15BrClN3O2. The van der Waals surface area contributed by atoms with Gasteiger partial charge in [0.2, 0.25) is 0 Å². The summed E-state index contributed by atoms with van der Waals surface area (Å²) in [7, 11) is 0. The van der Waals surface area contributed by atoms with Crippen molar-refractivity contribution in [2.24, 2.45) is 0 Å². The van der Waals surface area contributed by atoms with Crippen LogP contribution in [0.3, 0.4) is 0 Å². The number of anilines is 1. The molecule has 124 valence electrons. The number of likely N-dealkylation sites (tertiary alicyclic amines) is 1. The lowest BCUT2D eigenvalue weighted by Crippen LogP contribution is -2.28. The quantitative estimate of drug-likeness (QED) is 0.835. The number of hydrogen-bond donors (Lipinski definition) is 1. The Morgan fingerprint density at radius 1 is 1.17 bits per heavy atom. The zero-order valence-corrected chi connectivity index (χ0v) is 15.1. The molecule has 1 aliphatic heterocycles. The van der Waals surface area contributed by atoms with Gasteiger partial charge >= 0.3 is 0 Å². The Morgan fingerprint density at radius 2 is 1.92 bits per heavy atom. The van der Waals surface area contributed by atoms with Gasteiger partial charge in [0.15, 0.2) is 0 Å². The third-order valence-electron chi connectivity index (χ3n) is 3.82. The molecule has 1 N–H and O–H groups in total. The summed E-state index contributed by atoms with van der Waals surface area (Å²) in [5.74, 6) is -0.437. The van der Waals surface area contributed by atoms with Gasteiger partial charge in [0.05, 0.1) is 16.8 Å². The Hall–Kier alpha value is -1.92. The van der Waals surface area contributed by atoms with Crippen LogP contribution in [-0.2, 0) is 0 Å². The number of hydrogen-bond acceptors (Lipinski definition) is 3. The van der Waals surface area contributed by atoms with E-state index in [1.54, 1.807) is 35.4 Å². The van der Waals surface area contributed by atoms with Crippen LogP contribution >= 0.6 is 27.5 Å². The minimum atomic E-state index is -0.346. The second kappa shape index (κ2) is 7.32. The van der Waals surface area contributed by atoms with Crippen molar-refractivity contribution in [1.29, 1.82) is 0 Å². The molecule has 2 heterocycles. The molecule has 1 aliphatic rings. The largest absolute Gasteiger partial charge is 0.339 e. The molecule has 1 aromatic carbocycles. The number of nitrogens with zero attached hydrogens (tertiary/aromatic N) is 2. The first-order valence-electron chi connectivity index (χ1n) is 7.55. The zero-order valence-electron chi connectivity index (χ0n) is 12.8. The Morgan fingerprint density at radius 3 is 2.62 bits per heavy atom. The Balaban J connectivity index is 1.88. The first-order chi connectivity index (χ1) is 11.5. The highest BCUT2D eigenvalue weighted by atomic mass is 79.9. The molecule has 2 aromatic rings. The number of benzene rings is 1. The third-order valence-corrected chi connectivity index (χ3v) is 4.49. The zero-order chi connectivity index (χ0) is 17.1. The highest BCUT2D eigenvalue weighted by molar-refractivity contribution is 9.10. The highest BCUT2D eigenvalue weighted by Gasteiger charge is 2.23. The van der Waals surface area contributed by atoms with E-state index < -0.39 is 0 Å². The average molecular weight is 409 g/mol. The van der Waals surface area contributed by atoms with Crippen LogP contribution in [0.2, 0.25) is 5.02 Å². The van der Waals surface area contributed by atoms with E-state index in [0.717, 1.165) is 25.9 Å². The average Bonchev–Trinajstić information content (AvgIpc) is 3.09. The van der Waals surface area contributed by atoms with Gasteiger partial charge in [-0.15, -0.1) is 0 Å². The summed E-state index contributed by atoms with van der Waals surface area (Å²) in [4.78, 5) is 30.9. The Kier molecular flexibility index (Phi) is 5.16. The maximum atomic E-state index is 12.7. The van der Waals surface area contributed by atoms with E-state index in [2.05, 4.69) is 26.2 Å². The first kappa shape index (κ1) is 16.9. The SMILES string of the molecule is O=C(Nc1cc(Cl)ccc1C(=O)N1CCCC1)c1cncc(Br)c1. The summed E-state index contributed by atoms with van der Waals surface area (Å²) in [6.07, 6.45) is 5.07. The molecule has 0 bridgehead atoms. The van der Waals surface area contributed by atoms with Crippen LogP contribution in [0.25, 0.3) is 0 Å². The summed E-state index contributed by atoms with van der Waals surface area (Å²) in [5.41, 5.74) is 1.24. The second-order valence-corrected chi connectivity index (χ2v) is 6.89. The van der Waals surface area contributed by atoms with E-state index in [4.69, 9.17) is 11.6 Å². The molecule has 0 radical (unpaired) electrons. The number of carbonyl (C=O) groups is 2. The predicted molar refractivity (Wildman–Crippen MR) is 96.5 cm³/mol. The Bertz CT molecular complexity index is 791. The maximum Gasteiger partial charge on any atom is 0.257 e. The van der Waals surface area contributed by atoms with Gasteiger partial charge < -0.3 is 10.2 Å². The molecule has 3 rings (SSSR count). The van der Waals surface area contributed by atoms with Crippen LogP contribution in [-0.4, -0.2) is 34.8 Å². The third kappa shape index (κ3) is 3.76. The van der Waals surface area contributed by atoms with Gasteiger partial charge in [-0.05, 0) is 53.0 Å². The van der Waals surface area contributed by atoms with Crippen LogP contribution in [0, 0.1) is 0 Å². The molecule has 0 atom stereocenters. The number of nitrogens with one attached hydrogen (secondary N) is 1. The molecule has 5 nitrogen and oxygen atoms in total. The molecule has 1 saturated heterocycles. The van der Waals surface area contributed by atoms with Crippen molar-refractivity contribution >= 4 is 45.0 Å². The van der Waals surface area contributed by atoms with Crippen molar-refractivity contribution in [2.75, 3.05) is 18.4 Å². The highest BCUT2D eigenvalue weighted by Crippen LogP contribution is 2.25. The summed E-state index contributed by atoms with van der Waals surface area (Å²) in [6, 6.07) is 6.56. The minimum absolute atomic E-state index is 0.0909. The van der Waals surface area contributed by atoms with Gasteiger partial charge in [0.25, 0.3) is 11.8 Å². The number of carbonyl (C=O) groups excluding carboxylic acids is 2. The van der Waals surface area contributed by atoms with E-state index >= 15 is 0 Å². The molecule has 0 unspecified atom stereocenters. The molecule has 0 aliphatic carbocycles. The van der Waals surface area contributed by atoms with Gasteiger partial charge in [-0.1, -0.05) is 11.6 Å². The van der Waals surface area contributed by atoms with E-state index in [1.807, 2.05) is 0 Å². The molecule has 2 amide bonds. The summed E-state index contributed by atoms with van der Waals surface area (Å²) in [5, 5.41) is 3.22. The number of amides is 2. The standard InChI is InChI=1S/C17H15BrClN3O2/c18-12-7-11(9-20-10-12)16(23)21-15-8-13(19)3-4-14(15)17(24)22-5-1-2-6-22/h3-4,7-10H,1-2,5-6H2,(H,21,23). The van der Waals surface area contributed by atoms with Crippen molar-refractivity contribution < 1.29 is 9.59 Å². The molecule has 24 heavy (non-hydrogen) atoms.